The van der Waals surface area contributed by atoms with Crippen LogP contribution in [0.1, 0.15) is 29.3 Å². The van der Waals surface area contributed by atoms with Gasteiger partial charge in [-0.1, -0.05) is 30.3 Å². The van der Waals surface area contributed by atoms with E-state index < -0.39 is 0 Å². The fourth-order valence-corrected chi connectivity index (χ4v) is 3.54. The first-order valence-electron chi connectivity index (χ1n) is 8.86. The smallest absolute Gasteiger partial charge is 0.307 e. The molecule has 2 aromatic carbocycles. The number of hydrogen-bond acceptors (Lipinski definition) is 4. The van der Waals surface area contributed by atoms with Crippen LogP contribution in [0.15, 0.2) is 48.5 Å². The molecule has 1 aliphatic heterocycles. The first-order chi connectivity index (χ1) is 12.7. The van der Waals surface area contributed by atoms with Gasteiger partial charge in [0.05, 0.1) is 19.6 Å². The molecule has 4 rings (SSSR count). The van der Waals surface area contributed by atoms with Crippen molar-refractivity contribution in [3.63, 3.8) is 0 Å². The monoisotopic (exact) mass is 350 g/mol. The van der Waals surface area contributed by atoms with Crippen LogP contribution in [0.4, 0.5) is 0 Å². The quantitative estimate of drug-likeness (QED) is 0.692. The Labute approximate surface area is 152 Å². The molecule has 1 atom stereocenters. The number of carbonyl (C=O) groups is 1. The van der Waals surface area contributed by atoms with Gasteiger partial charge in [-0.3, -0.25) is 4.79 Å². The fraction of sp³-hybridized carbons (Fsp3) is 0.286. The Morgan fingerprint density at radius 2 is 2.04 bits per heavy atom. The van der Waals surface area contributed by atoms with Gasteiger partial charge in [-0.05, 0) is 42.3 Å². The molecule has 0 fully saturated rings. The summed E-state index contributed by atoms with van der Waals surface area (Å²) in [5, 5.41) is 4.57. The van der Waals surface area contributed by atoms with Gasteiger partial charge < -0.3 is 19.8 Å². The van der Waals surface area contributed by atoms with E-state index in [1.165, 1.54) is 18.1 Å². The Morgan fingerprint density at radius 3 is 2.85 bits per heavy atom. The molecule has 0 spiro atoms. The van der Waals surface area contributed by atoms with Crippen molar-refractivity contribution in [2.45, 2.75) is 25.5 Å². The molecule has 1 aliphatic rings. The van der Waals surface area contributed by atoms with Crippen LogP contribution in [0.5, 0.6) is 5.75 Å². The van der Waals surface area contributed by atoms with Crippen molar-refractivity contribution in [1.82, 2.24) is 10.3 Å². The Hall–Kier alpha value is -2.79. The zero-order valence-corrected chi connectivity index (χ0v) is 14.7. The topological polar surface area (TPSA) is 63.3 Å². The summed E-state index contributed by atoms with van der Waals surface area (Å²) in [5.74, 6) is 0.645. The normalized spacial score (nSPS) is 16.3. The molecule has 0 amide bonds. The number of hydrogen-bond donors (Lipinski definition) is 2. The molecule has 134 valence electrons. The number of nitrogens with one attached hydrogen (secondary N) is 2. The van der Waals surface area contributed by atoms with Crippen molar-refractivity contribution < 1.29 is 14.3 Å². The number of fused-ring (bicyclic) bond motifs is 3. The summed E-state index contributed by atoms with van der Waals surface area (Å²) in [5.41, 5.74) is 4.56. The lowest BCUT2D eigenvalue weighted by molar-refractivity contribution is -0.141. The molecule has 1 unspecified atom stereocenters. The standard InChI is InChI=1S/C21H22N2O3/c1-25-20(24)12-19-21-16(9-10-22-19)17-11-15(7-8-18(17)23-21)26-13-14-5-3-2-4-6-14/h2-8,11,19,22-23H,9-10,12-13H2,1H3. The minimum Gasteiger partial charge on any atom is -0.489 e. The van der Waals surface area contributed by atoms with Crippen LogP contribution < -0.4 is 10.1 Å². The summed E-state index contributed by atoms with van der Waals surface area (Å²) in [6, 6.07) is 16.2. The van der Waals surface area contributed by atoms with Gasteiger partial charge in [0, 0.05) is 16.6 Å². The van der Waals surface area contributed by atoms with Crippen LogP contribution in [0, 0.1) is 0 Å². The first-order valence-corrected chi connectivity index (χ1v) is 8.86. The highest BCUT2D eigenvalue weighted by Crippen LogP contribution is 2.33. The average molecular weight is 350 g/mol. The maximum atomic E-state index is 11.7. The number of rotatable bonds is 5. The average Bonchev–Trinajstić information content (AvgIpc) is 3.06. The summed E-state index contributed by atoms with van der Waals surface area (Å²) < 4.78 is 10.8. The Kier molecular flexibility index (Phi) is 4.63. The highest BCUT2D eigenvalue weighted by Gasteiger charge is 2.26. The lowest BCUT2D eigenvalue weighted by Gasteiger charge is -2.23. The zero-order valence-electron chi connectivity index (χ0n) is 14.7. The first kappa shape index (κ1) is 16.7. The summed E-state index contributed by atoms with van der Waals surface area (Å²) in [7, 11) is 1.42. The number of benzene rings is 2. The number of ether oxygens (including phenoxy) is 2. The lowest BCUT2D eigenvalue weighted by atomic mass is 9.97. The summed E-state index contributed by atoms with van der Waals surface area (Å²) in [6.07, 6.45) is 1.25. The van der Waals surface area contributed by atoms with E-state index in [-0.39, 0.29) is 12.0 Å². The second-order valence-corrected chi connectivity index (χ2v) is 6.54. The number of methoxy groups -OCH3 is 1. The Bertz CT molecular complexity index is 918. The van der Waals surface area contributed by atoms with Crippen molar-refractivity contribution in [1.29, 1.82) is 0 Å². The molecular weight excluding hydrogens is 328 g/mol. The van der Waals surface area contributed by atoms with Crippen LogP contribution in [0.3, 0.4) is 0 Å². The number of H-pyrrole nitrogens is 1. The van der Waals surface area contributed by atoms with Crippen LogP contribution in [-0.4, -0.2) is 24.6 Å². The van der Waals surface area contributed by atoms with Crippen LogP contribution in [0.2, 0.25) is 0 Å². The molecule has 2 heterocycles. The number of esters is 1. The fourth-order valence-electron chi connectivity index (χ4n) is 3.54. The van der Waals surface area contributed by atoms with E-state index in [2.05, 4.69) is 28.5 Å². The summed E-state index contributed by atoms with van der Waals surface area (Å²) in [4.78, 5) is 15.2. The van der Waals surface area contributed by atoms with Crippen molar-refractivity contribution in [2.75, 3.05) is 13.7 Å². The Balaban J connectivity index is 1.59. The van der Waals surface area contributed by atoms with E-state index in [4.69, 9.17) is 9.47 Å². The van der Waals surface area contributed by atoms with Gasteiger partial charge in [0.25, 0.3) is 0 Å². The van der Waals surface area contributed by atoms with E-state index in [1.54, 1.807) is 0 Å². The lowest BCUT2D eigenvalue weighted by Crippen LogP contribution is -2.31. The highest BCUT2D eigenvalue weighted by molar-refractivity contribution is 5.87. The second kappa shape index (κ2) is 7.22. The van der Waals surface area contributed by atoms with Crippen molar-refractivity contribution in [3.05, 3.63) is 65.4 Å². The molecule has 0 saturated carbocycles. The van der Waals surface area contributed by atoms with Gasteiger partial charge >= 0.3 is 5.97 Å². The van der Waals surface area contributed by atoms with Crippen molar-refractivity contribution >= 4 is 16.9 Å². The van der Waals surface area contributed by atoms with E-state index in [9.17, 15) is 4.79 Å². The predicted molar refractivity (Wildman–Crippen MR) is 100 cm³/mol. The van der Waals surface area contributed by atoms with Gasteiger partial charge in [-0.2, -0.15) is 0 Å². The van der Waals surface area contributed by atoms with Crippen molar-refractivity contribution in [3.8, 4) is 5.75 Å². The van der Waals surface area contributed by atoms with E-state index in [1.807, 2.05) is 30.3 Å². The van der Waals surface area contributed by atoms with Crippen LogP contribution in [0.25, 0.3) is 10.9 Å². The molecule has 26 heavy (non-hydrogen) atoms. The molecule has 0 radical (unpaired) electrons. The number of carbonyl (C=O) groups excluding carboxylic acids is 1. The molecule has 5 heteroatoms. The van der Waals surface area contributed by atoms with Gasteiger partial charge in [0.2, 0.25) is 0 Å². The van der Waals surface area contributed by atoms with Gasteiger partial charge in [-0.15, -0.1) is 0 Å². The molecule has 0 aliphatic carbocycles. The minimum absolute atomic E-state index is 0.0349. The molecular formula is C21H22N2O3. The molecule has 0 bridgehead atoms. The largest absolute Gasteiger partial charge is 0.489 e. The molecule has 2 N–H and O–H groups in total. The predicted octanol–water partition coefficient (Wildman–Crippen LogP) is 3.50. The SMILES string of the molecule is COC(=O)CC1NCCc2c1[nH]c1ccc(OCc3ccccc3)cc21. The maximum absolute atomic E-state index is 11.7. The third-order valence-corrected chi connectivity index (χ3v) is 4.87. The third-order valence-electron chi connectivity index (χ3n) is 4.87. The Morgan fingerprint density at radius 1 is 1.19 bits per heavy atom. The van der Waals surface area contributed by atoms with E-state index in [0.29, 0.717) is 13.0 Å². The van der Waals surface area contributed by atoms with Gasteiger partial charge in [0.1, 0.15) is 12.4 Å². The number of aromatic amines is 1. The van der Waals surface area contributed by atoms with Crippen LogP contribution in [-0.2, 0) is 22.6 Å². The molecule has 0 saturated heterocycles. The highest BCUT2D eigenvalue weighted by atomic mass is 16.5. The van der Waals surface area contributed by atoms with E-state index >= 15 is 0 Å². The summed E-state index contributed by atoms with van der Waals surface area (Å²) >= 11 is 0. The zero-order chi connectivity index (χ0) is 17.9. The minimum atomic E-state index is -0.208. The molecule has 5 nitrogen and oxygen atoms in total. The number of aromatic nitrogens is 1. The van der Waals surface area contributed by atoms with Gasteiger partial charge in [-0.25, -0.2) is 0 Å². The maximum Gasteiger partial charge on any atom is 0.307 e. The molecule has 3 aromatic rings. The summed E-state index contributed by atoms with van der Waals surface area (Å²) in [6.45, 7) is 1.39. The van der Waals surface area contributed by atoms with Crippen molar-refractivity contribution in [2.24, 2.45) is 0 Å². The molecule has 1 aromatic heterocycles. The second-order valence-electron chi connectivity index (χ2n) is 6.54. The van der Waals surface area contributed by atoms with Gasteiger partial charge in [0.15, 0.2) is 0 Å². The van der Waals surface area contributed by atoms with Crippen LogP contribution >= 0.6 is 0 Å². The van der Waals surface area contributed by atoms with E-state index in [0.717, 1.165) is 35.5 Å². The third kappa shape index (κ3) is 3.30.